The van der Waals surface area contributed by atoms with Crippen molar-refractivity contribution in [1.82, 2.24) is 14.7 Å². The second kappa shape index (κ2) is 4.73. The summed E-state index contributed by atoms with van der Waals surface area (Å²) in [6.07, 6.45) is 8.29. The van der Waals surface area contributed by atoms with E-state index in [-0.39, 0.29) is 11.4 Å². The van der Waals surface area contributed by atoms with Gasteiger partial charge in [0.15, 0.2) is 5.76 Å². The third-order valence-electron chi connectivity index (χ3n) is 4.69. The summed E-state index contributed by atoms with van der Waals surface area (Å²) in [5, 5.41) is 4.19. The molecule has 0 bridgehead atoms. The van der Waals surface area contributed by atoms with Crippen LogP contribution in [0.1, 0.15) is 42.0 Å². The SMILES string of the molecule is O=C(c1ccc(Cn2cc(Br)cn2)o1)N1CCC12CCC2. The molecule has 4 rings (SSSR count). The Morgan fingerprint density at radius 3 is 2.81 bits per heavy atom. The zero-order valence-corrected chi connectivity index (χ0v) is 13.2. The van der Waals surface area contributed by atoms with Gasteiger partial charge in [0.2, 0.25) is 0 Å². The third-order valence-corrected chi connectivity index (χ3v) is 5.10. The average molecular weight is 350 g/mol. The van der Waals surface area contributed by atoms with Gasteiger partial charge < -0.3 is 9.32 Å². The molecule has 0 aromatic carbocycles. The van der Waals surface area contributed by atoms with Crippen molar-refractivity contribution >= 4 is 21.8 Å². The minimum absolute atomic E-state index is 0.0360. The Bertz CT molecular complexity index is 681. The van der Waals surface area contributed by atoms with Gasteiger partial charge in [-0.3, -0.25) is 9.48 Å². The molecule has 1 saturated heterocycles. The van der Waals surface area contributed by atoms with Gasteiger partial charge in [-0.25, -0.2) is 0 Å². The van der Waals surface area contributed by atoms with Crippen molar-refractivity contribution in [2.75, 3.05) is 6.54 Å². The van der Waals surface area contributed by atoms with Gasteiger partial charge in [0, 0.05) is 18.3 Å². The van der Waals surface area contributed by atoms with E-state index in [1.54, 1.807) is 16.9 Å². The van der Waals surface area contributed by atoms with Crippen LogP contribution in [0.15, 0.2) is 33.4 Å². The second-order valence-electron chi connectivity index (χ2n) is 5.91. The summed E-state index contributed by atoms with van der Waals surface area (Å²) >= 11 is 3.36. The smallest absolute Gasteiger partial charge is 0.290 e. The first-order chi connectivity index (χ1) is 10.2. The Labute approximate surface area is 131 Å². The molecule has 1 spiro atoms. The fourth-order valence-corrected chi connectivity index (χ4v) is 3.58. The van der Waals surface area contributed by atoms with Crippen molar-refractivity contribution in [3.8, 4) is 0 Å². The van der Waals surface area contributed by atoms with Crippen molar-refractivity contribution in [2.24, 2.45) is 0 Å². The van der Waals surface area contributed by atoms with Gasteiger partial charge in [-0.15, -0.1) is 0 Å². The van der Waals surface area contributed by atoms with Gasteiger partial charge >= 0.3 is 0 Å². The number of carbonyl (C=O) groups excluding carboxylic acids is 1. The molecule has 3 heterocycles. The van der Waals surface area contributed by atoms with E-state index in [0.717, 1.165) is 36.0 Å². The maximum atomic E-state index is 12.5. The number of carbonyl (C=O) groups is 1. The van der Waals surface area contributed by atoms with Crippen molar-refractivity contribution in [3.63, 3.8) is 0 Å². The highest BCUT2D eigenvalue weighted by Crippen LogP contribution is 2.47. The van der Waals surface area contributed by atoms with Gasteiger partial charge in [0.1, 0.15) is 5.76 Å². The van der Waals surface area contributed by atoms with Gasteiger partial charge in [-0.1, -0.05) is 0 Å². The monoisotopic (exact) mass is 349 g/mol. The van der Waals surface area contributed by atoms with Crippen LogP contribution in [0, 0.1) is 0 Å². The quantitative estimate of drug-likeness (QED) is 0.855. The van der Waals surface area contributed by atoms with Crippen molar-refractivity contribution in [3.05, 3.63) is 40.5 Å². The first kappa shape index (κ1) is 13.1. The summed E-state index contributed by atoms with van der Waals surface area (Å²) < 4.78 is 8.41. The number of amides is 1. The lowest BCUT2D eigenvalue weighted by Gasteiger charge is -2.58. The number of likely N-dealkylation sites (tertiary alicyclic amines) is 1. The summed E-state index contributed by atoms with van der Waals surface area (Å²) in [6.45, 7) is 1.39. The minimum atomic E-state index is 0.0360. The van der Waals surface area contributed by atoms with E-state index < -0.39 is 0 Å². The van der Waals surface area contributed by atoms with Crippen LogP contribution in [-0.4, -0.2) is 32.7 Å². The van der Waals surface area contributed by atoms with Crippen molar-refractivity contribution in [2.45, 2.75) is 37.8 Å². The van der Waals surface area contributed by atoms with Gasteiger partial charge in [0.25, 0.3) is 5.91 Å². The summed E-state index contributed by atoms with van der Waals surface area (Å²) in [5.74, 6) is 1.23. The highest BCUT2D eigenvalue weighted by molar-refractivity contribution is 9.10. The molecular weight excluding hydrogens is 334 g/mol. The van der Waals surface area contributed by atoms with Crippen LogP contribution in [0.2, 0.25) is 0 Å². The number of furan rings is 1. The molecule has 2 aliphatic rings. The summed E-state index contributed by atoms with van der Waals surface area (Å²) in [7, 11) is 0. The summed E-state index contributed by atoms with van der Waals surface area (Å²) in [5.41, 5.74) is 0.164. The molecule has 110 valence electrons. The van der Waals surface area contributed by atoms with Gasteiger partial charge in [-0.2, -0.15) is 5.10 Å². The number of halogens is 1. The predicted octanol–water partition coefficient (Wildman–Crippen LogP) is 3.06. The number of hydrogen-bond acceptors (Lipinski definition) is 3. The lowest BCUT2D eigenvalue weighted by atomic mass is 9.68. The molecule has 1 saturated carbocycles. The maximum absolute atomic E-state index is 12.5. The first-order valence-electron chi connectivity index (χ1n) is 7.25. The molecule has 0 unspecified atom stereocenters. The van der Waals surface area contributed by atoms with E-state index in [0.29, 0.717) is 12.3 Å². The molecule has 0 radical (unpaired) electrons. The normalized spacial score (nSPS) is 19.4. The summed E-state index contributed by atoms with van der Waals surface area (Å²) in [4.78, 5) is 14.5. The van der Waals surface area contributed by atoms with Gasteiger partial charge in [0.05, 0.1) is 17.2 Å². The maximum Gasteiger partial charge on any atom is 0.290 e. The molecule has 5 nitrogen and oxygen atoms in total. The molecule has 0 atom stereocenters. The van der Waals surface area contributed by atoms with Crippen LogP contribution < -0.4 is 0 Å². The third kappa shape index (κ3) is 2.12. The molecule has 2 fully saturated rings. The molecule has 1 amide bonds. The Morgan fingerprint density at radius 1 is 1.38 bits per heavy atom. The van der Waals surface area contributed by atoms with Crippen LogP contribution >= 0.6 is 15.9 Å². The largest absolute Gasteiger partial charge is 0.454 e. The fourth-order valence-electron chi connectivity index (χ4n) is 3.26. The Hall–Kier alpha value is -1.56. The number of rotatable bonds is 3. The van der Waals surface area contributed by atoms with Crippen LogP contribution in [0.4, 0.5) is 0 Å². The van der Waals surface area contributed by atoms with Crippen LogP contribution in [0.3, 0.4) is 0 Å². The minimum Gasteiger partial charge on any atom is -0.454 e. The van der Waals surface area contributed by atoms with E-state index in [4.69, 9.17) is 4.42 Å². The number of nitrogens with zero attached hydrogens (tertiary/aromatic N) is 3. The Balaban J connectivity index is 1.48. The average Bonchev–Trinajstić information content (AvgIpc) is 2.96. The van der Waals surface area contributed by atoms with Crippen molar-refractivity contribution < 1.29 is 9.21 Å². The molecule has 2 aromatic rings. The molecule has 0 N–H and O–H groups in total. The van der Waals surface area contributed by atoms with E-state index >= 15 is 0 Å². The number of aromatic nitrogens is 2. The molecule has 21 heavy (non-hydrogen) atoms. The lowest BCUT2D eigenvalue weighted by Crippen LogP contribution is -2.65. The van der Waals surface area contributed by atoms with Crippen LogP contribution in [-0.2, 0) is 6.54 Å². The topological polar surface area (TPSA) is 51.3 Å². The molecule has 1 aliphatic carbocycles. The highest BCUT2D eigenvalue weighted by Gasteiger charge is 2.51. The number of hydrogen-bond donors (Lipinski definition) is 0. The zero-order chi connectivity index (χ0) is 14.4. The van der Waals surface area contributed by atoms with Crippen LogP contribution in [0.25, 0.3) is 0 Å². The molecule has 6 heteroatoms. The highest BCUT2D eigenvalue weighted by atomic mass is 79.9. The standard InChI is InChI=1S/C15H16BrN3O2/c16-11-8-17-18(9-11)10-12-2-3-13(21-12)14(20)19-7-6-15(19)4-1-5-15/h2-3,8-9H,1,4-7,10H2. The van der Waals surface area contributed by atoms with Crippen molar-refractivity contribution in [1.29, 1.82) is 0 Å². The molecule has 2 aromatic heterocycles. The van der Waals surface area contributed by atoms with E-state index in [1.807, 2.05) is 17.2 Å². The predicted molar refractivity (Wildman–Crippen MR) is 80.0 cm³/mol. The van der Waals surface area contributed by atoms with Crippen LogP contribution in [0.5, 0.6) is 0 Å². The van der Waals surface area contributed by atoms with Gasteiger partial charge in [-0.05, 0) is 53.7 Å². The fraction of sp³-hybridized carbons (Fsp3) is 0.467. The molecular formula is C15H16BrN3O2. The van der Waals surface area contributed by atoms with E-state index in [1.165, 1.54) is 6.42 Å². The zero-order valence-electron chi connectivity index (χ0n) is 11.6. The Kier molecular flexibility index (Phi) is 2.96. The molecule has 1 aliphatic heterocycles. The first-order valence-corrected chi connectivity index (χ1v) is 8.04. The summed E-state index contributed by atoms with van der Waals surface area (Å²) in [6, 6.07) is 3.64. The Morgan fingerprint density at radius 2 is 2.24 bits per heavy atom. The van der Waals surface area contributed by atoms with E-state index in [2.05, 4.69) is 21.0 Å². The second-order valence-corrected chi connectivity index (χ2v) is 6.82. The van der Waals surface area contributed by atoms with E-state index in [9.17, 15) is 4.79 Å². The lowest BCUT2D eigenvalue weighted by molar-refractivity contribution is -0.0504.